The van der Waals surface area contributed by atoms with Crippen LogP contribution in [0.2, 0.25) is 5.02 Å². The summed E-state index contributed by atoms with van der Waals surface area (Å²) >= 11 is 6.05. The molecule has 1 saturated carbocycles. The largest absolute Gasteiger partial charge is 0.349 e. The number of carbonyl (C=O) groups excluding carboxylic acids is 2. The molecular weight excluding hydrogens is 290 g/mol. The molecule has 0 spiro atoms. The number of nitrogens with two attached hydrogens (primary N) is 1. The number of hydrogen-bond donors (Lipinski definition) is 3. The van der Waals surface area contributed by atoms with Gasteiger partial charge in [-0.3, -0.25) is 9.59 Å². The van der Waals surface area contributed by atoms with E-state index in [0.29, 0.717) is 16.3 Å². The lowest BCUT2D eigenvalue weighted by Gasteiger charge is -2.16. The highest BCUT2D eigenvalue weighted by Gasteiger charge is 2.25. The van der Waals surface area contributed by atoms with Crippen molar-refractivity contribution in [2.45, 2.75) is 38.8 Å². The zero-order valence-corrected chi connectivity index (χ0v) is 12.9. The maximum atomic E-state index is 12.1. The van der Waals surface area contributed by atoms with Crippen LogP contribution in [0.5, 0.6) is 0 Å². The van der Waals surface area contributed by atoms with Crippen molar-refractivity contribution in [2.75, 3.05) is 5.32 Å². The summed E-state index contributed by atoms with van der Waals surface area (Å²) in [6.45, 7) is 3.75. The van der Waals surface area contributed by atoms with E-state index in [1.807, 2.05) is 13.8 Å². The summed E-state index contributed by atoms with van der Waals surface area (Å²) in [5, 5.41) is 5.94. The van der Waals surface area contributed by atoms with Crippen LogP contribution in [0.4, 0.5) is 5.69 Å². The first-order valence-corrected chi connectivity index (χ1v) is 7.43. The molecule has 114 valence electrons. The van der Waals surface area contributed by atoms with E-state index in [-0.39, 0.29) is 23.8 Å². The lowest BCUT2D eigenvalue weighted by molar-refractivity contribution is -0.118. The van der Waals surface area contributed by atoms with Crippen molar-refractivity contribution in [1.82, 2.24) is 5.32 Å². The smallest absolute Gasteiger partial charge is 0.253 e. The highest BCUT2D eigenvalue weighted by Crippen LogP contribution is 2.24. The average Bonchev–Trinajstić information content (AvgIpc) is 3.23. The summed E-state index contributed by atoms with van der Waals surface area (Å²) in [6, 6.07) is 4.48. The summed E-state index contributed by atoms with van der Waals surface area (Å²) < 4.78 is 0. The Balaban J connectivity index is 2.10. The molecular formula is C15H20ClN3O2. The molecule has 2 rings (SSSR count). The molecule has 1 aliphatic carbocycles. The minimum atomic E-state index is -0.593. The van der Waals surface area contributed by atoms with Crippen LogP contribution in [0.25, 0.3) is 0 Å². The molecule has 5 nitrogen and oxygen atoms in total. The zero-order chi connectivity index (χ0) is 15.6. The highest BCUT2D eigenvalue weighted by molar-refractivity contribution is 6.34. The first-order valence-electron chi connectivity index (χ1n) is 7.05. The SMILES string of the molecule is CC(C)[C@H](N)C(=O)Nc1ccc(Cl)c(C(=O)NC2CC2)c1. The van der Waals surface area contributed by atoms with Gasteiger partial charge in [0.15, 0.2) is 0 Å². The third kappa shape index (κ3) is 4.19. The van der Waals surface area contributed by atoms with Gasteiger partial charge in [0.1, 0.15) is 0 Å². The van der Waals surface area contributed by atoms with Crippen LogP contribution >= 0.6 is 11.6 Å². The fraction of sp³-hybridized carbons (Fsp3) is 0.467. The Morgan fingerprint density at radius 3 is 2.57 bits per heavy atom. The third-order valence-corrected chi connectivity index (χ3v) is 3.74. The standard InChI is InChI=1S/C15H20ClN3O2/c1-8(2)13(17)15(21)19-10-5-6-12(16)11(7-10)14(20)18-9-3-4-9/h5-9,13H,3-4,17H2,1-2H3,(H,18,20)(H,19,21)/t13-/m0/s1. The number of anilines is 1. The highest BCUT2D eigenvalue weighted by atomic mass is 35.5. The molecule has 0 aliphatic heterocycles. The van der Waals surface area contributed by atoms with E-state index in [1.54, 1.807) is 18.2 Å². The Hall–Kier alpha value is -1.59. The molecule has 21 heavy (non-hydrogen) atoms. The van der Waals surface area contributed by atoms with Crippen molar-refractivity contribution in [3.05, 3.63) is 28.8 Å². The van der Waals surface area contributed by atoms with Crippen LogP contribution in [-0.2, 0) is 4.79 Å². The van der Waals surface area contributed by atoms with E-state index in [4.69, 9.17) is 17.3 Å². The van der Waals surface area contributed by atoms with Crippen molar-refractivity contribution >= 4 is 29.1 Å². The Kier molecular flexibility index (Phi) is 4.85. The molecule has 1 aliphatic rings. The average molecular weight is 310 g/mol. The van der Waals surface area contributed by atoms with Gasteiger partial charge in [-0.25, -0.2) is 0 Å². The van der Waals surface area contributed by atoms with Crippen LogP contribution in [0.1, 0.15) is 37.0 Å². The van der Waals surface area contributed by atoms with Gasteiger partial charge in [-0.05, 0) is 37.0 Å². The van der Waals surface area contributed by atoms with E-state index in [0.717, 1.165) is 12.8 Å². The van der Waals surface area contributed by atoms with Gasteiger partial charge in [-0.2, -0.15) is 0 Å². The maximum Gasteiger partial charge on any atom is 0.253 e. The van der Waals surface area contributed by atoms with Gasteiger partial charge >= 0.3 is 0 Å². The summed E-state index contributed by atoms with van der Waals surface area (Å²) in [5.41, 5.74) is 6.67. The lowest BCUT2D eigenvalue weighted by atomic mass is 10.0. The zero-order valence-electron chi connectivity index (χ0n) is 12.2. The summed E-state index contributed by atoms with van der Waals surface area (Å²) in [4.78, 5) is 24.0. The van der Waals surface area contributed by atoms with Crippen molar-refractivity contribution in [3.8, 4) is 0 Å². The Bertz CT molecular complexity index is 556. The molecule has 1 fully saturated rings. The minimum absolute atomic E-state index is 0.0370. The van der Waals surface area contributed by atoms with Crippen LogP contribution in [0.3, 0.4) is 0 Å². The molecule has 0 saturated heterocycles. The quantitative estimate of drug-likeness (QED) is 0.779. The van der Waals surface area contributed by atoms with Crippen molar-refractivity contribution in [1.29, 1.82) is 0 Å². The Labute approximate surface area is 129 Å². The first kappa shape index (κ1) is 15.8. The van der Waals surface area contributed by atoms with Gasteiger partial charge in [-0.15, -0.1) is 0 Å². The van der Waals surface area contributed by atoms with Crippen LogP contribution < -0.4 is 16.4 Å². The predicted octanol–water partition coefficient (Wildman–Crippen LogP) is 2.15. The summed E-state index contributed by atoms with van der Waals surface area (Å²) in [6.07, 6.45) is 2.01. The number of carbonyl (C=O) groups is 2. The molecule has 1 atom stereocenters. The number of hydrogen-bond acceptors (Lipinski definition) is 3. The van der Waals surface area contributed by atoms with Crippen LogP contribution in [-0.4, -0.2) is 23.9 Å². The number of nitrogens with one attached hydrogen (secondary N) is 2. The topological polar surface area (TPSA) is 84.2 Å². The normalized spacial score (nSPS) is 15.7. The Morgan fingerprint density at radius 1 is 1.33 bits per heavy atom. The third-order valence-electron chi connectivity index (χ3n) is 3.41. The van der Waals surface area contributed by atoms with E-state index >= 15 is 0 Å². The van der Waals surface area contributed by atoms with Gasteiger partial charge in [0.2, 0.25) is 5.91 Å². The molecule has 0 heterocycles. The molecule has 1 aromatic rings. The van der Waals surface area contributed by atoms with Gasteiger partial charge in [0.25, 0.3) is 5.91 Å². The first-order chi connectivity index (χ1) is 9.88. The van der Waals surface area contributed by atoms with E-state index < -0.39 is 6.04 Å². The van der Waals surface area contributed by atoms with Crippen LogP contribution in [0.15, 0.2) is 18.2 Å². The van der Waals surface area contributed by atoms with Crippen LogP contribution in [0, 0.1) is 5.92 Å². The lowest BCUT2D eigenvalue weighted by Crippen LogP contribution is -2.39. The second-order valence-electron chi connectivity index (χ2n) is 5.70. The van der Waals surface area contributed by atoms with Crippen molar-refractivity contribution in [2.24, 2.45) is 11.7 Å². The molecule has 4 N–H and O–H groups in total. The van der Waals surface area contributed by atoms with Gasteiger partial charge in [0.05, 0.1) is 16.6 Å². The molecule has 0 radical (unpaired) electrons. The number of amides is 2. The maximum absolute atomic E-state index is 12.1. The van der Waals surface area contributed by atoms with Gasteiger partial charge < -0.3 is 16.4 Å². The Morgan fingerprint density at radius 2 is 2.00 bits per heavy atom. The molecule has 0 unspecified atom stereocenters. The van der Waals surface area contributed by atoms with Gasteiger partial charge in [0, 0.05) is 11.7 Å². The fourth-order valence-electron chi connectivity index (χ4n) is 1.80. The molecule has 6 heteroatoms. The summed E-state index contributed by atoms with van der Waals surface area (Å²) in [7, 11) is 0. The van der Waals surface area contributed by atoms with E-state index in [2.05, 4.69) is 10.6 Å². The second kappa shape index (κ2) is 6.45. The molecule has 2 amide bonds. The number of halogens is 1. The molecule has 0 aromatic heterocycles. The van der Waals surface area contributed by atoms with Gasteiger partial charge in [-0.1, -0.05) is 25.4 Å². The fourth-order valence-corrected chi connectivity index (χ4v) is 2.00. The summed E-state index contributed by atoms with van der Waals surface area (Å²) in [5.74, 6) is -0.456. The minimum Gasteiger partial charge on any atom is -0.349 e. The molecule has 0 bridgehead atoms. The van der Waals surface area contributed by atoms with E-state index in [9.17, 15) is 9.59 Å². The van der Waals surface area contributed by atoms with Crippen molar-refractivity contribution in [3.63, 3.8) is 0 Å². The second-order valence-corrected chi connectivity index (χ2v) is 6.11. The number of benzene rings is 1. The van der Waals surface area contributed by atoms with Crippen molar-refractivity contribution < 1.29 is 9.59 Å². The monoisotopic (exact) mass is 309 g/mol. The molecule has 1 aromatic carbocycles. The number of rotatable bonds is 5. The predicted molar refractivity (Wildman–Crippen MR) is 83.4 cm³/mol. The van der Waals surface area contributed by atoms with E-state index in [1.165, 1.54) is 0 Å².